The zero-order chi connectivity index (χ0) is 14.7. The second kappa shape index (κ2) is 6.24. The van der Waals surface area contributed by atoms with Crippen molar-refractivity contribution in [2.45, 2.75) is 6.61 Å². The summed E-state index contributed by atoms with van der Waals surface area (Å²) in [6, 6.07) is 9.00. The maximum Gasteiger partial charge on any atom is 0.342 e. The summed E-state index contributed by atoms with van der Waals surface area (Å²) in [7, 11) is 0. The van der Waals surface area contributed by atoms with Gasteiger partial charge in [-0.1, -0.05) is 33.6 Å². The summed E-state index contributed by atoms with van der Waals surface area (Å²) in [5.41, 5.74) is 6.56. The van der Waals surface area contributed by atoms with E-state index in [1.165, 1.54) is 12.1 Å². The van der Waals surface area contributed by atoms with Crippen LogP contribution in [0, 0.1) is 5.82 Å². The third-order valence-electron chi connectivity index (χ3n) is 2.54. The number of benzene rings is 2. The van der Waals surface area contributed by atoms with Gasteiger partial charge in [0.2, 0.25) is 0 Å². The van der Waals surface area contributed by atoms with Gasteiger partial charge in [-0.05, 0) is 35.9 Å². The zero-order valence-electron chi connectivity index (χ0n) is 10.2. The highest BCUT2D eigenvalue weighted by atomic mass is 79.9. The second-order valence-electron chi connectivity index (χ2n) is 4.06. The molecule has 2 rings (SSSR count). The predicted molar refractivity (Wildman–Crippen MR) is 79.1 cm³/mol. The molecule has 0 unspecified atom stereocenters. The molecule has 0 spiro atoms. The molecule has 0 saturated carbocycles. The van der Waals surface area contributed by atoms with Crippen LogP contribution in [0.25, 0.3) is 0 Å². The number of carbonyl (C=O) groups is 1. The number of nitrogen functional groups attached to an aromatic ring is 1. The van der Waals surface area contributed by atoms with Crippen molar-refractivity contribution in [3.05, 3.63) is 62.8 Å². The van der Waals surface area contributed by atoms with Gasteiger partial charge in [0.15, 0.2) is 0 Å². The van der Waals surface area contributed by atoms with Gasteiger partial charge >= 0.3 is 5.97 Å². The molecule has 2 aromatic rings. The fourth-order valence-electron chi connectivity index (χ4n) is 1.67. The van der Waals surface area contributed by atoms with Crippen molar-refractivity contribution in [3.63, 3.8) is 0 Å². The van der Waals surface area contributed by atoms with Crippen LogP contribution in [0.4, 0.5) is 10.1 Å². The molecule has 3 nitrogen and oxygen atoms in total. The molecule has 0 radical (unpaired) electrons. The lowest BCUT2D eigenvalue weighted by Crippen LogP contribution is -2.09. The minimum atomic E-state index is -0.645. The summed E-state index contributed by atoms with van der Waals surface area (Å²) in [5, 5.41) is 0.218. The van der Waals surface area contributed by atoms with Crippen LogP contribution in [-0.4, -0.2) is 5.97 Å². The number of halogens is 3. The number of carbonyl (C=O) groups excluding carboxylic acids is 1. The third-order valence-corrected chi connectivity index (χ3v) is 3.32. The fraction of sp³-hybridized carbons (Fsp3) is 0.0714. The maximum atomic E-state index is 13.2. The van der Waals surface area contributed by atoms with E-state index >= 15 is 0 Å². The monoisotopic (exact) mass is 357 g/mol. The number of ether oxygens (including phenoxy) is 1. The number of esters is 1. The molecule has 0 saturated heterocycles. The highest BCUT2D eigenvalue weighted by Gasteiger charge is 2.15. The van der Waals surface area contributed by atoms with Crippen molar-refractivity contribution >= 4 is 39.2 Å². The second-order valence-corrected chi connectivity index (χ2v) is 5.38. The van der Waals surface area contributed by atoms with E-state index < -0.39 is 11.8 Å². The van der Waals surface area contributed by atoms with Gasteiger partial charge in [-0.2, -0.15) is 0 Å². The van der Waals surface area contributed by atoms with Gasteiger partial charge in [-0.3, -0.25) is 0 Å². The predicted octanol–water partition coefficient (Wildman–Crippen LogP) is 4.18. The van der Waals surface area contributed by atoms with Crippen molar-refractivity contribution in [2.24, 2.45) is 0 Å². The standard InChI is InChI=1S/C14H10BrClFNO2/c15-9-4-8(5-10(17)6-9)7-20-14(19)13-11(16)2-1-3-12(13)18/h1-6H,7,18H2. The number of hydrogen-bond donors (Lipinski definition) is 1. The molecule has 0 aliphatic heterocycles. The maximum absolute atomic E-state index is 13.2. The molecule has 104 valence electrons. The summed E-state index contributed by atoms with van der Waals surface area (Å²) >= 11 is 9.07. The first kappa shape index (κ1) is 14.8. The molecule has 0 heterocycles. The topological polar surface area (TPSA) is 52.3 Å². The van der Waals surface area contributed by atoms with E-state index in [-0.39, 0.29) is 22.9 Å². The Kier molecular flexibility index (Phi) is 4.62. The van der Waals surface area contributed by atoms with E-state index in [9.17, 15) is 9.18 Å². The molecule has 0 atom stereocenters. The Morgan fingerprint density at radius 2 is 2.10 bits per heavy atom. The van der Waals surface area contributed by atoms with Crippen LogP contribution >= 0.6 is 27.5 Å². The zero-order valence-corrected chi connectivity index (χ0v) is 12.5. The summed E-state index contributed by atoms with van der Waals surface area (Å²) < 4.78 is 18.9. The number of nitrogens with two attached hydrogens (primary N) is 1. The van der Waals surface area contributed by atoms with E-state index in [2.05, 4.69) is 15.9 Å². The quantitative estimate of drug-likeness (QED) is 0.661. The van der Waals surface area contributed by atoms with Gasteiger partial charge in [0.25, 0.3) is 0 Å². The molecule has 0 bridgehead atoms. The lowest BCUT2D eigenvalue weighted by Gasteiger charge is -2.09. The molecule has 0 aliphatic rings. The average Bonchev–Trinajstić information content (AvgIpc) is 2.35. The lowest BCUT2D eigenvalue weighted by atomic mass is 10.2. The van der Waals surface area contributed by atoms with Gasteiger partial charge in [0, 0.05) is 10.2 Å². The van der Waals surface area contributed by atoms with E-state index in [0.717, 1.165) is 0 Å². The Balaban J connectivity index is 2.13. The minimum absolute atomic E-state index is 0.0696. The van der Waals surface area contributed by atoms with Gasteiger partial charge in [0.05, 0.1) is 5.02 Å². The normalized spacial score (nSPS) is 10.3. The first-order chi connectivity index (χ1) is 9.47. The van der Waals surface area contributed by atoms with Crippen molar-refractivity contribution in [1.82, 2.24) is 0 Å². The summed E-state index contributed by atoms with van der Waals surface area (Å²) in [5.74, 6) is -1.06. The Morgan fingerprint density at radius 1 is 1.35 bits per heavy atom. The van der Waals surface area contributed by atoms with Crippen LogP contribution in [0.15, 0.2) is 40.9 Å². The van der Waals surface area contributed by atoms with Crippen LogP contribution in [0.2, 0.25) is 5.02 Å². The number of anilines is 1. The molecule has 0 fully saturated rings. The first-order valence-corrected chi connectivity index (χ1v) is 6.80. The minimum Gasteiger partial charge on any atom is -0.457 e. The SMILES string of the molecule is Nc1cccc(Cl)c1C(=O)OCc1cc(F)cc(Br)c1. The van der Waals surface area contributed by atoms with Crippen molar-refractivity contribution in [2.75, 3.05) is 5.73 Å². The van der Waals surface area contributed by atoms with Crippen LogP contribution in [-0.2, 0) is 11.3 Å². The molecule has 6 heteroatoms. The summed E-state index contributed by atoms with van der Waals surface area (Å²) in [6.07, 6.45) is 0. The van der Waals surface area contributed by atoms with Gasteiger partial charge in [-0.25, -0.2) is 9.18 Å². The highest BCUT2D eigenvalue weighted by molar-refractivity contribution is 9.10. The summed E-state index contributed by atoms with van der Waals surface area (Å²) in [6.45, 7) is -0.0696. The van der Waals surface area contributed by atoms with E-state index in [0.29, 0.717) is 10.0 Å². The van der Waals surface area contributed by atoms with Gasteiger partial charge in [-0.15, -0.1) is 0 Å². The Hall–Kier alpha value is -1.59. The number of hydrogen-bond acceptors (Lipinski definition) is 3. The average molecular weight is 359 g/mol. The first-order valence-electron chi connectivity index (χ1n) is 5.63. The molecular weight excluding hydrogens is 349 g/mol. The number of rotatable bonds is 3. The van der Waals surface area contributed by atoms with Crippen LogP contribution in [0.5, 0.6) is 0 Å². The van der Waals surface area contributed by atoms with Crippen molar-refractivity contribution in [3.8, 4) is 0 Å². The fourth-order valence-corrected chi connectivity index (χ4v) is 2.44. The van der Waals surface area contributed by atoms with E-state index in [1.54, 1.807) is 24.3 Å². The third kappa shape index (κ3) is 3.49. The molecule has 2 aromatic carbocycles. The molecular formula is C14H10BrClFNO2. The lowest BCUT2D eigenvalue weighted by molar-refractivity contribution is 0.0473. The molecule has 2 N–H and O–H groups in total. The smallest absolute Gasteiger partial charge is 0.342 e. The van der Waals surface area contributed by atoms with Gasteiger partial charge < -0.3 is 10.5 Å². The Morgan fingerprint density at radius 3 is 2.75 bits per heavy atom. The Bertz CT molecular complexity index is 623. The largest absolute Gasteiger partial charge is 0.457 e. The van der Waals surface area contributed by atoms with E-state index in [1.807, 2.05) is 0 Å². The van der Waals surface area contributed by atoms with Crippen molar-refractivity contribution < 1.29 is 13.9 Å². The van der Waals surface area contributed by atoms with Crippen molar-refractivity contribution in [1.29, 1.82) is 0 Å². The molecule has 0 amide bonds. The van der Waals surface area contributed by atoms with E-state index in [4.69, 9.17) is 22.1 Å². The molecule has 20 heavy (non-hydrogen) atoms. The van der Waals surface area contributed by atoms with Crippen LogP contribution in [0.3, 0.4) is 0 Å². The highest BCUT2D eigenvalue weighted by Crippen LogP contribution is 2.23. The molecule has 0 aromatic heterocycles. The van der Waals surface area contributed by atoms with Gasteiger partial charge in [0.1, 0.15) is 18.0 Å². The van der Waals surface area contributed by atoms with Crippen LogP contribution in [0.1, 0.15) is 15.9 Å². The molecule has 0 aliphatic carbocycles. The van der Waals surface area contributed by atoms with Crippen LogP contribution < -0.4 is 5.73 Å². The Labute approximate surface area is 128 Å². The summed E-state index contributed by atoms with van der Waals surface area (Å²) in [4.78, 5) is 11.9.